The molecule has 1 aliphatic rings. The number of piperidine rings is 1. The van der Waals surface area contributed by atoms with E-state index < -0.39 is 0 Å². The second-order valence-corrected chi connectivity index (χ2v) is 6.36. The van der Waals surface area contributed by atoms with Gasteiger partial charge in [-0.25, -0.2) is 0 Å². The average molecular weight is 275 g/mol. The van der Waals surface area contributed by atoms with Crippen LogP contribution in [0.15, 0.2) is 24.3 Å². The van der Waals surface area contributed by atoms with Gasteiger partial charge in [0.15, 0.2) is 0 Å². The van der Waals surface area contributed by atoms with Crippen molar-refractivity contribution < 1.29 is 5.11 Å². The van der Waals surface area contributed by atoms with E-state index in [1.807, 2.05) is 0 Å². The molecule has 1 fully saturated rings. The Morgan fingerprint density at radius 3 is 2.60 bits per heavy atom. The lowest BCUT2D eigenvalue weighted by molar-refractivity contribution is 0.0513. The van der Waals surface area contributed by atoms with E-state index in [0.717, 1.165) is 31.0 Å². The summed E-state index contributed by atoms with van der Waals surface area (Å²) in [7, 11) is 0. The molecule has 3 atom stereocenters. The monoisotopic (exact) mass is 275 g/mol. The number of aryl methyl sites for hydroxylation is 1. The molecular weight excluding hydrogens is 246 g/mol. The fourth-order valence-corrected chi connectivity index (χ4v) is 3.20. The van der Waals surface area contributed by atoms with Gasteiger partial charge in [0.05, 0.1) is 6.10 Å². The van der Waals surface area contributed by atoms with E-state index >= 15 is 0 Å². The molecule has 112 valence electrons. The standard InChI is InChI=1S/C18H29NO/c1-4-6-16-8-10-17(11-9-16)18(20)13-19-12-5-7-14(2)15(19)3/h8-11,14-15,18,20H,4-7,12-13H2,1-3H3. The highest BCUT2D eigenvalue weighted by Crippen LogP contribution is 2.25. The van der Waals surface area contributed by atoms with E-state index in [2.05, 4.69) is 49.9 Å². The molecule has 0 spiro atoms. The topological polar surface area (TPSA) is 23.5 Å². The number of nitrogens with zero attached hydrogens (tertiary/aromatic N) is 1. The van der Waals surface area contributed by atoms with Crippen molar-refractivity contribution in [2.45, 2.75) is 58.6 Å². The summed E-state index contributed by atoms with van der Waals surface area (Å²) < 4.78 is 0. The number of rotatable bonds is 5. The molecule has 0 amide bonds. The lowest BCUT2D eigenvalue weighted by Gasteiger charge is -2.39. The van der Waals surface area contributed by atoms with Crippen LogP contribution in [0.25, 0.3) is 0 Å². The van der Waals surface area contributed by atoms with Crippen molar-refractivity contribution in [2.75, 3.05) is 13.1 Å². The van der Waals surface area contributed by atoms with E-state index in [1.54, 1.807) is 0 Å². The second-order valence-electron chi connectivity index (χ2n) is 6.36. The Labute approximate surface area is 123 Å². The van der Waals surface area contributed by atoms with Crippen molar-refractivity contribution in [3.05, 3.63) is 35.4 Å². The molecule has 1 aromatic carbocycles. The molecule has 3 unspecified atom stereocenters. The molecule has 0 aromatic heterocycles. The third-order valence-electron chi connectivity index (χ3n) is 4.81. The first-order valence-electron chi connectivity index (χ1n) is 8.12. The van der Waals surface area contributed by atoms with Crippen LogP contribution >= 0.6 is 0 Å². The lowest BCUT2D eigenvalue weighted by atomic mass is 9.91. The Bertz CT molecular complexity index is 400. The number of hydrogen-bond donors (Lipinski definition) is 1. The Hall–Kier alpha value is -0.860. The summed E-state index contributed by atoms with van der Waals surface area (Å²) in [4.78, 5) is 2.44. The van der Waals surface area contributed by atoms with Gasteiger partial charge in [0.1, 0.15) is 0 Å². The van der Waals surface area contributed by atoms with Gasteiger partial charge in [-0.3, -0.25) is 4.90 Å². The summed E-state index contributed by atoms with van der Waals surface area (Å²) in [5.74, 6) is 0.739. The molecule has 2 heteroatoms. The maximum atomic E-state index is 10.5. The summed E-state index contributed by atoms with van der Waals surface area (Å²) in [5, 5.41) is 10.5. The largest absolute Gasteiger partial charge is 0.387 e. The van der Waals surface area contributed by atoms with E-state index in [0.29, 0.717) is 6.04 Å². The highest BCUT2D eigenvalue weighted by Gasteiger charge is 2.26. The van der Waals surface area contributed by atoms with Gasteiger partial charge in [-0.1, -0.05) is 44.5 Å². The number of likely N-dealkylation sites (tertiary alicyclic amines) is 1. The van der Waals surface area contributed by atoms with Crippen LogP contribution in [0, 0.1) is 5.92 Å². The smallest absolute Gasteiger partial charge is 0.0917 e. The van der Waals surface area contributed by atoms with Crippen molar-refractivity contribution >= 4 is 0 Å². The summed E-state index contributed by atoms with van der Waals surface area (Å²) in [6, 6.07) is 9.08. The quantitative estimate of drug-likeness (QED) is 0.883. The summed E-state index contributed by atoms with van der Waals surface area (Å²) in [5.41, 5.74) is 2.42. The van der Waals surface area contributed by atoms with Gasteiger partial charge in [0, 0.05) is 12.6 Å². The van der Waals surface area contributed by atoms with Crippen LogP contribution in [0.5, 0.6) is 0 Å². The molecule has 1 saturated heterocycles. The first kappa shape index (κ1) is 15.5. The molecule has 2 nitrogen and oxygen atoms in total. The maximum Gasteiger partial charge on any atom is 0.0917 e. The van der Waals surface area contributed by atoms with Gasteiger partial charge < -0.3 is 5.11 Å². The number of β-amino-alcohol motifs (C(OH)–C–C–N with tert-alkyl or cyclic N) is 1. The molecule has 0 radical (unpaired) electrons. The number of hydrogen-bond acceptors (Lipinski definition) is 2. The summed E-state index contributed by atoms with van der Waals surface area (Å²) in [6.45, 7) is 8.69. The highest BCUT2D eigenvalue weighted by atomic mass is 16.3. The molecule has 20 heavy (non-hydrogen) atoms. The van der Waals surface area contributed by atoms with Crippen LogP contribution in [0.4, 0.5) is 0 Å². The summed E-state index contributed by atoms with van der Waals surface area (Å²) >= 11 is 0. The average Bonchev–Trinajstić information content (AvgIpc) is 2.45. The van der Waals surface area contributed by atoms with Gasteiger partial charge in [0.25, 0.3) is 0 Å². The zero-order valence-electron chi connectivity index (χ0n) is 13.2. The van der Waals surface area contributed by atoms with Crippen LogP contribution in [-0.4, -0.2) is 29.1 Å². The van der Waals surface area contributed by atoms with Crippen molar-refractivity contribution in [1.82, 2.24) is 4.90 Å². The third-order valence-corrected chi connectivity index (χ3v) is 4.81. The zero-order valence-corrected chi connectivity index (χ0v) is 13.2. The minimum atomic E-state index is -0.363. The molecule has 0 aliphatic carbocycles. The first-order chi connectivity index (χ1) is 9.61. The van der Waals surface area contributed by atoms with E-state index in [1.165, 1.54) is 24.8 Å². The van der Waals surface area contributed by atoms with Crippen molar-refractivity contribution in [3.63, 3.8) is 0 Å². The van der Waals surface area contributed by atoms with Gasteiger partial charge in [-0.15, -0.1) is 0 Å². The van der Waals surface area contributed by atoms with Gasteiger partial charge >= 0.3 is 0 Å². The highest BCUT2D eigenvalue weighted by molar-refractivity contribution is 5.24. The van der Waals surface area contributed by atoms with Crippen molar-refractivity contribution in [3.8, 4) is 0 Å². The number of aliphatic hydroxyl groups excluding tert-OH is 1. The molecule has 1 aromatic rings. The number of aliphatic hydroxyl groups is 1. The molecule has 0 saturated carbocycles. The van der Waals surface area contributed by atoms with Gasteiger partial charge in [0.2, 0.25) is 0 Å². The predicted octanol–water partition coefficient (Wildman–Crippen LogP) is 3.79. The SMILES string of the molecule is CCCc1ccc(C(O)CN2CCCC(C)C2C)cc1. The third kappa shape index (κ3) is 3.83. The van der Waals surface area contributed by atoms with Crippen molar-refractivity contribution in [1.29, 1.82) is 0 Å². The molecule has 1 heterocycles. The molecule has 1 N–H and O–H groups in total. The van der Waals surface area contributed by atoms with Crippen LogP contribution in [-0.2, 0) is 6.42 Å². The molecule has 0 bridgehead atoms. The number of benzene rings is 1. The Kier molecular flexibility index (Phi) is 5.62. The predicted molar refractivity (Wildman–Crippen MR) is 84.8 cm³/mol. The minimum Gasteiger partial charge on any atom is -0.387 e. The van der Waals surface area contributed by atoms with E-state index in [9.17, 15) is 5.11 Å². The van der Waals surface area contributed by atoms with E-state index in [4.69, 9.17) is 0 Å². The Morgan fingerprint density at radius 2 is 1.95 bits per heavy atom. The summed E-state index contributed by atoms with van der Waals surface area (Å²) in [6.07, 6.45) is 4.51. The maximum absolute atomic E-state index is 10.5. The molecule has 2 rings (SSSR count). The van der Waals surface area contributed by atoms with E-state index in [-0.39, 0.29) is 6.10 Å². The Morgan fingerprint density at radius 1 is 1.25 bits per heavy atom. The van der Waals surface area contributed by atoms with Crippen LogP contribution < -0.4 is 0 Å². The van der Waals surface area contributed by atoms with Crippen LogP contribution in [0.1, 0.15) is 57.3 Å². The fourth-order valence-electron chi connectivity index (χ4n) is 3.20. The van der Waals surface area contributed by atoms with Gasteiger partial charge in [-0.05, 0) is 49.8 Å². The minimum absolute atomic E-state index is 0.363. The first-order valence-corrected chi connectivity index (χ1v) is 8.12. The van der Waals surface area contributed by atoms with Crippen molar-refractivity contribution in [2.24, 2.45) is 5.92 Å². The molecule has 1 aliphatic heterocycles. The normalized spacial score (nSPS) is 25.6. The van der Waals surface area contributed by atoms with Gasteiger partial charge in [-0.2, -0.15) is 0 Å². The van der Waals surface area contributed by atoms with Crippen LogP contribution in [0.2, 0.25) is 0 Å². The van der Waals surface area contributed by atoms with Crippen LogP contribution in [0.3, 0.4) is 0 Å². The fraction of sp³-hybridized carbons (Fsp3) is 0.667. The molecular formula is C18H29NO. The zero-order chi connectivity index (χ0) is 14.5. The lowest BCUT2D eigenvalue weighted by Crippen LogP contribution is -2.44. The Balaban J connectivity index is 1.95. The second kappa shape index (κ2) is 7.24.